The van der Waals surface area contributed by atoms with Crippen LogP contribution < -0.4 is 0 Å². The lowest BCUT2D eigenvalue weighted by molar-refractivity contribution is 0.147. The number of rotatable bonds is 6. The number of aliphatic hydroxyl groups is 1. The summed E-state index contributed by atoms with van der Waals surface area (Å²) in [7, 11) is 2.06. The van der Waals surface area contributed by atoms with Gasteiger partial charge in [-0.3, -0.25) is 4.98 Å². The fourth-order valence-corrected chi connectivity index (χ4v) is 2.52. The maximum Gasteiger partial charge on any atom is 0.0802 e. The molecule has 1 aromatic heterocycles. The van der Waals surface area contributed by atoms with Crippen LogP contribution in [-0.4, -0.2) is 28.6 Å². The van der Waals surface area contributed by atoms with Gasteiger partial charge in [0.1, 0.15) is 0 Å². The van der Waals surface area contributed by atoms with Crippen molar-refractivity contribution in [2.75, 3.05) is 13.6 Å². The first-order chi connectivity index (χ1) is 9.65. The van der Waals surface area contributed by atoms with Crippen molar-refractivity contribution >= 4 is 15.9 Å². The van der Waals surface area contributed by atoms with Gasteiger partial charge in [-0.15, -0.1) is 0 Å². The van der Waals surface area contributed by atoms with E-state index in [2.05, 4.69) is 38.9 Å². The van der Waals surface area contributed by atoms with Crippen molar-refractivity contribution in [2.45, 2.75) is 19.1 Å². The molecule has 0 aliphatic rings. The summed E-state index contributed by atoms with van der Waals surface area (Å²) >= 11 is 3.43. The van der Waals surface area contributed by atoms with E-state index in [0.29, 0.717) is 6.42 Å². The highest BCUT2D eigenvalue weighted by Gasteiger charge is 2.09. The monoisotopic (exact) mass is 334 g/mol. The molecule has 2 aromatic rings. The van der Waals surface area contributed by atoms with Gasteiger partial charge in [-0.05, 0) is 42.8 Å². The molecule has 0 radical (unpaired) electrons. The molecule has 0 saturated heterocycles. The second kappa shape index (κ2) is 7.53. The third-order valence-electron chi connectivity index (χ3n) is 3.19. The van der Waals surface area contributed by atoms with Crippen LogP contribution in [0.5, 0.6) is 0 Å². The largest absolute Gasteiger partial charge is 0.388 e. The second-order valence-corrected chi connectivity index (χ2v) is 5.87. The lowest BCUT2D eigenvalue weighted by Gasteiger charge is -2.19. The number of halogens is 1. The van der Waals surface area contributed by atoms with Gasteiger partial charge in [0.25, 0.3) is 0 Å². The summed E-state index contributed by atoms with van der Waals surface area (Å²) in [6.07, 6.45) is 3.94. The number of hydrogen-bond donors (Lipinski definition) is 1. The van der Waals surface area contributed by atoms with E-state index < -0.39 is 6.10 Å². The van der Waals surface area contributed by atoms with Crippen LogP contribution in [0.3, 0.4) is 0 Å². The first-order valence-electron chi connectivity index (χ1n) is 6.66. The number of pyridine rings is 1. The molecular weight excluding hydrogens is 316 g/mol. The molecule has 0 amide bonds. The van der Waals surface area contributed by atoms with Crippen molar-refractivity contribution < 1.29 is 5.11 Å². The quantitative estimate of drug-likeness (QED) is 0.879. The van der Waals surface area contributed by atoms with Crippen molar-refractivity contribution in [3.05, 3.63) is 64.4 Å². The Morgan fingerprint density at radius 1 is 1.30 bits per heavy atom. The van der Waals surface area contributed by atoms with Crippen LogP contribution in [0, 0.1) is 0 Å². The molecule has 3 nitrogen and oxygen atoms in total. The van der Waals surface area contributed by atoms with Gasteiger partial charge in [0.15, 0.2) is 0 Å². The molecule has 106 valence electrons. The summed E-state index contributed by atoms with van der Waals surface area (Å²) in [5.74, 6) is 0. The molecule has 0 saturated carbocycles. The number of aliphatic hydroxyl groups excluding tert-OH is 1. The van der Waals surface area contributed by atoms with Crippen LogP contribution in [0.4, 0.5) is 0 Å². The van der Waals surface area contributed by atoms with Gasteiger partial charge >= 0.3 is 0 Å². The van der Waals surface area contributed by atoms with Crippen LogP contribution in [0.15, 0.2) is 53.3 Å². The zero-order valence-corrected chi connectivity index (χ0v) is 13.1. The molecule has 1 aromatic carbocycles. The average molecular weight is 335 g/mol. The SMILES string of the molecule is CN(CCC(O)c1cccc(Br)c1)Cc1cccnc1. The van der Waals surface area contributed by atoms with Crippen LogP contribution in [-0.2, 0) is 6.54 Å². The Labute approximate surface area is 128 Å². The second-order valence-electron chi connectivity index (χ2n) is 4.96. The van der Waals surface area contributed by atoms with Crippen molar-refractivity contribution in [2.24, 2.45) is 0 Å². The normalized spacial score (nSPS) is 12.6. The Bertz CT molecular complexity index is 533. The highest BCUT2D eigenvalue weighted by molar-refractivity contribution is 9.10. The number of benzene rings is 1. The van der Waals surface area contributed by atoms with Gasteiger partial charge in [0.05, 0.1) is 6.10 Å². The van der Waals surface area contributed by atoms with Crippen LogP contribution in [0.25, 0.3) is 0 Å². The summed E-state index contributed by atoms with van der Waals surface area (Å²) in [6, 6.07) is 11.8. The highest BCUT2D eigenvalue weighted by Crippen LogP contribution is 2.20. The van der Waals surface area contributed by atoms with Crippen LogP contribution in [0.2, 0.25) is 0 Å². The van der Waals surface area contributed by atoms with E-state index >= 15 is 0 Å². The minimum atomic E-state index is -0.427. The van der Waals surface area contributed by atoms with Crippen molar-refractivity contribution in [1.82, 2.24) is 9.88 Å². The smallest absolute Gasteiger partial charge is 0.0802 e. The van der Waals surface area contributed by atoms with Gasteiger partial charge < -0.3 is 10.0 Å². The zero-order valence-electron chi connectivity index (χ0n) is 11.5. The molecule has 4 heteroatoms. The molecular formula is C16H19BrN2O. The summed E-state index contributed by atoms with van der Waals surface area (Å²) in [6.45, 7) is 1.68. The van der Waals surface area contributed by atoms with E-state index in [9.17, 15) is 5.11 Å². The summed E-state index contributed by atoms with van der Waals surface area (Å²) < 4.78 is 0.998. The van der Waals surface area contributed by atoms with E-state index in [4.69, 9.17) is 0 Å². The maximum atomic E-state index is 10.2. The van der Waals surface area contributed by atoms with Gasteiger partial charge in [-0.1, -0.05) is 34.1 Å². The Hall–Kier alpha value is -1.23. The summed E-state index contributed by atoms with van der Waals surface area (Å²) in [5, 5.41) is 10.2. The van der Waals surface area contributed by atoms with Gasteiger partial charge in [-0.2, -0.15) is 0 Å². The number of aromatic nitrogens is 1. The molecule has 0 fully saturated rings. The molecule has 0 spiro atoms. The highest BCUT2D eigenvalue weighted by atomic mass is 79.9. The number of hydrogen-bond acceptors (Lipinski definition) is 3. The minimum absolute atomic E-state index is 0.427. The Morgan fingerprint density at radius 3 is 2.85 bits per heavy atom. The van der Waals surface area contributed by atoms with E-state index in [0.717, 1.165) is 23.1 Å². The molecule has 1 N–H and O–H groups in total. The maximum absolute atomic E-state index is 10.2. The topological polar surface area (TPSA) is 36.4 Å². The standard InChI is InChI=1S/C16H19BrN2O/c1-19(12-13-4-3-8-18-11-13)9-7-16(20)14-5-2-6-15(17)10-14/h2-6,8,10-11,16,20H,7,9,12H2,1H3. The molecule has 1 unspecified atom stereocenters. The molecule has 1 heterocycles. The summed E-state index contributed by atoms with van der Waals surface area (Å²) in [5.41, 5.74) is 2.14. The Kier molecular flexibility index (Phi) is 5.71. The molecule has 1 atom stereocenters. The van der Waals surface area contributed by atoms with Gasteiger partial charge in [0, 0.05) is 30.0 Å². The predicted molar refractivity (Wildman–Crippen MR) is 84.3 cm³/mol. The van der Waals surface area contributed by atoms with Crippen LogP contribution in [0.1, 0.15) is 23.7 Å². The third kappa shape index (κ3) is 4.71. The summed E-state index contributed by atoms with van der Waals surface area (Å²) in [4.78, 5) is 6.30. The number of nitrogens with zero attached hydrogens (tertiary/aromatic N) is 2. The third-order valence-corrected chi connectivity index (χ3v) is 3.69. The molecule has 0 aliphatic heterocycles. The van der Waals surface area contributed by atoms with Gasteiger partial charge in [0.2, 0.25) is 0 Å². The van der Waals surface area contributed by atoms with Crippen molar-refractivity contribution in [1.29, 1.82) is 0 Å². The van der Waals surface area contributed by atoms with Crippen LogP contribution >= 0.6 is 15.9 Å². The van der Waals surface area contributed by atoms with E-state index in [-0.39, 0.29) is 0 Å². The lowest BCUT2D eigenvalue weighted by Crippen LogP contribution is -2.21. The first-order valence-corrected chi connectivity index (χ1v) is 7.45. The lowest BCUT2D eigenvalue weighted by atomic mass is 10.1. The van der Waals surface area contributed by atoms with E-state index in [1.807, 2.05) is 36.5 Å². The molecule has 2 rings (SSSR count). The minimum Gasteiger partial charge on any atom is -0.388 e. The predicted octanol–water partition coefficient (Wildman–Crippen LogP) is 3.40. The Morgan fingerprint density at radius 2 is 2.15 bits per heavy atom. The van der Waals surface area contributed by atoms with Gasteiger partial charge in [-0.25, -0.2) is 0 Å². The van der Waals surface area contributed by atoms with Crippen molar-refractivity contribution in [3.63, 3.8) is 0 Å². The van der Waals surface area contributed by atoms with E-state index in [1.165, 1.54) is 5.56 Å². The fourth-order valence-electron chi connectivity index (χ4n) is 2.11. The van der Waals surface area contributed by atoms with Crippen molar-refractivity contribution in [3.8, 4) is 0 Å². The zero-order chi connectivity index (χ0) is 14.4. The molecule has 0 aliphatic carbocycles. The molecule has 20 heavy (non-hydrogen) atoms. The Balaban J connectivity index is 1.82. The molecule has 0 bridgehead atoms. The van der Waals surface area contributed by atoms with E-state index in [1.54, 1.807) is 6.20 Å². The average Bonchev–Trinajstić information content (AvgIpc) is 2.46. The first kappa shape index (κ1) is 15.2. The fraction of sp³-hybridized carbons (Fsp3) is 0.312.